The average Bonchev–Trinajstić information content (AvgIpc) is 2.53. The SMILES string of the molecule is CNC(=O)NC(=O)COC(=O)CCNS(=O)(=O)c1ccc(C)cc1. The highest BCUT2D eigenvalue weighted by Gasteiger charge is 2.15. The number of urea groups is 1. The Morgan fingerprint density at radius 2 is 1.75 bits per heavy atom. The zero-order chi connectivity index (χ0) is 18.2. The molecule has 0 aliphatic carbocycles. The summed E-state index contributed by atoms with van der Waals surface area (Å²) in [7, 11) is -2.39. The molecule has 3 N–H and O–H groups in total. The number of rotatable bonds is 7. The maximum absolute atomic E-state index is 12.0. The maximum Gasteiger partial charge on any atom is 0.321 e. The normalized spacial score (nSPS) is 10.8. The van der Waals surface area contributed by atoms with E-state index in [1.165, 1.54) is 19.2 Å². The Balaban J connectivity index is 2.36. The average molecular weight is 357 g/mol. The summed E-state index contributed by atoms with van der Waals surface area (Å²) < 4.78 is 30.8. The van der Waals surface area contributed by atoms with Crippen molar-refractivity contribution >= 4 is 27.9 Å². The minimum Gasteiger partial charge on any atom is -0.456 e. The van der Waals surface area contributed by atoms with E-state index < -0.39 is 34.5 Å². The van der Waals surface area contributed by atoms with E-state index >= 15 is 0 Å². The van der Waals surface area contributed by atoms with Gasteiger partial charge in [0.25, 0.3) is 5.91 Å². The van der Waals surface area contributed by atoms with Gasteiger partial charge >= 0.3 is 12.0 Å². The van der Waals surface area contributed by atoms with Gasteiger partial charge < -0.3 is 10.1 Å². The third-order valence-electron chi connectivity index (χ3n) is 2.80. The quantitative estimate of drug-likeness (QED) is 0.572. The molecule has 132 valence electrons. The van der Waals surface area contributed by atoms with Crippen LogP contribution >= 0.6 is 0 Å². The van der Waals surface area contributed by atoms with Crippen LogP contribution in [0, 0.1) is 6.92 Å². The summed E-state index contributed by atoms with van der Waals surface area (Å²) in [5.74, 6) is -1.56. The highest BCUT2D eigenvalue weighted by atomic mass is 32.2. The lowest BCUT2D eigenvalue weighted by Crippen LogP contribution is -2.39. The molecule has 0 saturated carbocycles. The second-order valence-corrected chi connectivity index (χ2v) is 6.52. The number of aryl methyl sites for hydroxylation is 1. The number of carbonyl (C=O) groups is 3. The van der Waals surface area contributed by atoms with Crippen molar-refractivity contribution in [1.82, 2.24) is 15.4 Å². The highest BCUT2D eigenvalue weighted by molar-refractivity contribution is 7.89. The second kappa shape index (κ2) is 8.99. The number of nitrogens with one attached hydrogen (secondary N) is 3. The molecule has 0 bridgehead atoms. The van der Waals surface area contributed by atoms with Crippen LogP contribution < -0.4 is 15.4 Å². The van der Waals surface area contributed by atoms with Crippen molar-refractivity contribution in [2.24, 2.45) is 0 Å². The Morgan fingerprint density at radius 1 is 1.12 bits per heavy atom. The van der Waals surface area contributed by atoms with Crippen molar-refractivity contribution in [3.8, 4) is 0 Å². The molecule has 0 atom stereocenters. The molecule has 0 spiro atoms. The number of hydrogen-bond donors (Lipinski definition) is 3. The third-order valence-corrected chi connectivity index (χ3v) is 4.27. The largest absolute Gasteiger partial charge is 0.456 e. The molecule has 1 aromatic rings. The molecule has 0 unspecified atom stereocenters. The van der Waals surface area contributed by atoms with Crippen LogP contribution in [0.4, 0.5) is 4.79 Å². The molecule has 1 rings (SSSR count). The van der Waals surface area contributed by atoms with E-state index in [1.54, 1.807) is 12.1 Å². The Labute approximate surface area is 139 Å². The van der Waals surface area contributed by atoms with Gasteiger partial charge in [0.2, 0.25) is 10.0 Å². The lowest BCUT2D eigenvalue weighted by molar-refractivity contribution is -0.148. The van der Waals surface area contributed by atoms with Crippen molar-refractivity contribution in [3.05, 3.63) is 29.8 Å². The Kier molecular flexibility index (Phi) is 7.33. The zero-order valence-electron chi connectivity index (χ0n) is 13.3. The number of amides is 3. The predicted octanol–water partition coefficient (Wildman–Crippen LogP) is -0.338. The summed E-state index contributed by atoms with van der Waals surface area (Å²) >= 11 is 0. The van der Waals surface area contributed by atoms with Crippen LogP contribution in [-0.4, -0.2) is 46.5 Å². The summed E-state index contributed by atoms with van der Waals surface area (Å²) in [5, 5.41) is 4.08. The number of sulfonamides is 1. The number of esters is 1. The molecule has 0 aliphatic heterocycles. The Morgan fingerprint density at radius 3 is 2.33 bits per heavy atom. The van der Waals surface area contributed by atoms with Gasteiger partial charge in [-0.15, -0.1) is 0 Å². The number of carbonyl (C=O) groups excluding carboxylic acids is 3. The fourth-order valence-electron chi connectivity index (χ4n) is 1.53. The summed E-state index contributed by atoms with van der Waals surface area (Å²) in [5.41, 5.74) is 0.924. The van der Waals surface area contributed by atoms with Gasteiger partial charge in [-0.25, -0.2) is 17.9 Å². The first kappa shape index (κ1) is 19.6. The van der Waals surface area contributed by atoms with Gasteiger partial charge in [-0.2, -0.15) is 0 Å². The fourth-order valence-corrected chi connectivity index (χ4v) is 2.56. The van der Waals surface area contributed by atoms with E-state index in [1.807, 2.05) is 12.2 Å². The van der Waals surface area contributed by atoms with Crippen LogP contribution in [0.15, 0.2) is 29.2 Å². The van der Waals surface area contributed by atoms with E-state index in [0.717, 1.165) is 5.56 Å². The van der Waals surface area contributed by atoms with Crippen molar-refractivity contribution in [2.45, 2.75) is 18.2 Å². The summed E-state index contributed by atoms with van der Waals surface area (Å²) in [4.78, 5) is 33.6. The van der Waals surface area contributed by atoms with Gasteiger partial charge in [-0.05, 0) is 19.1 Å². The molecule has 1 aromatic carbocycles. The number of hydrogen-bond acceptors (Lipinski definition) is 6. The van der Waals surface area contributed by atoms with Crippen molar-refractivity contribution < 1.29 is 27.5 Å². The smallest absolute Gasteiger partial charge is 0.321 e. The molecule has 0 fully saturated rings. The monoisotopic (exact) mass is 357 g/mol. The summed E-state index contributed by atoms with van der Waals surface area (Å²) in [6.07, 6.45) is -0.252. The van der Waals surface area contributed by atoms with Crippen LogP contribution in [0.3, 0.4) is 0 Å². The molecule has 0 aliphatic rings. The van der Waals surface area contributed by atoms with Crippen LogP contribution in [0.2, 0.25) is 0 Å². The molecular weight excluding hydrogens is 338 g/mol. The number of imide groups is 1. The standard InChI is InChI=1S/C14H19N3O6S/c1-10-3-5-11(6-4-10)24(21,22)16-8-7-13(19)23-9-12(18)17-14(20)15-2/h3-6,16H,7-9H2,1-2H3,(H2,15,17,18,20). The number of benzene rings is 1. The van der Waals surface area contributed by atoms with Crippen molar-refractivity contribution in [1.29, 1.82) is 0 Å². The minimum absolute atomic E-state index is 0.0893. The van der Waals surface area contributed by atoms with Crippen LogP contribution in [0.25, 0.3) is 0 Å². The van der Waals surface area contributed by atoms with Gasteiger partial charge in [-0.3, -0.25) is 14.9 Å². The summed E-state index contributed by atoms with van der Waals surface area (Å²) in [6, 6.07) is 5.52. The molecule has 10 heteroatoms. The summed E-state index contributed by atoms with van der Waals surface area (Å²) in [6.45, 7) is 1.03. The van der Waals surface area contributed by atoms with Gasteiger partial charge in [0.1, 0.15) is 0 Å². The molecular formula is C14H19N3O6S. The predicted molar refractivity (Wildman–Crippen MR) is 84.5 cm³/mol. The Hall–Kier alpha value is -2.46. The molecule has 9 nitrogen and oxygen atoms in total. The molecule has 0 saturated heterocycles. The van der Waals surface area contributed by atoms with Crippen LogP contribution in [0.1, 0.15) is 12.0 Å². The van der Waals surface area contributed by atoms with Crippen LogP contribution in [0.5, 0.6) is 0 Å². The van der Waals surface area contributed by atoms with E-state index in [9.17, 15) is 22.8 Å². The van der Waals surface area contributed by atoms with Gasteiger partial charge in [0.05, 0.1) is 11.3 Å². The van der Waals surface area contributed by atoms with Gasteiger partial charge in [0.15, 0.2) is 6.61 Å². The topological polar surface area (TPSA) is 131 Å². The third kappa shape index (κ3) is 6.75. The Bertz CT molecular complexity index is 700. The molecule has 0 radical (unpaired) electrons. The van der Waals surface area contributed by atoms with Crippen molar-refractivity contribution in [3.63, 3.8) is 0 Å². The minimum atomic E-state index is -3.71. The van der Waals surface area contributed by atoms with E-state index in [2.05, 4.69) is 14.8 Å². The van der Waals surface area contributed by atoms with Crippen LogP contribution in [-0.2, 0) is 24.3 Å². The van der Waals surface area contributed by atoms with Gasteiger partial charge in [0, 0.05) is 13.6 Å². The van der Waals surface area contributed by atoms with E-state index in [0.29, 0.717) is 0 Å². The second-order valence-electron chi connectivity index (χ2n) is 4.75. The first-order valence-electron chi connectivity index (χ1n) is 6.98. The highest BCUT2D eigenvalue weighted by Crippen LogP contribution is 2.09. The first-order valence-corrected chi connectivity index (χ1v) is 8.46. The van der Waals surface area contributed by atoms with Gasteiger partial charge in [-0.1, -0.05) is 17.7 Å². The molecule has 24 heavy (non-hydrogen) atoms. The lowest BCUT2D eigenvalue weighted by atomic mass is 10.2. The lowest BCUT2D eigenvalue weighted by Gasteiger charge is -2.07. The van der Waals surface area contributed by atoms with E-state index in [-0.39, 0.29) is 17.9 Å². The number of ether oxygens (including phenoxy) is 1. The molecule has 3 amide bonds. The fraction of sp³-hybridized carbons (Fsp3) is 0.357. The molecule has 0 heterocycles. The first-order chi connectivity index (χ1) is 11.2. The zero-order valence-corrected chi connectivity index (χ0v) is 14.1. The maximum atomic E-state index is 12.0. The van der Waals surface area contributed by atoms with E-state index in [4.69, 9.17) is 0 Å². The van der Waals surface area contributed by atoms with Crippen molar-refractivity contribution in [2.75, 3.05) is 20.2 Å². The molecule has 0 aromatic heterocycles.